The van der Waals surface area contributed by atoms with Crippen LogP contribution in [0, 0.1) is 0 Å². The van der Waals surface area contributed by atoms with Crippen LogP contribution in [0.15, 0.2) is 0 Å². The Bertz CT molecular complexity index is 350. The van der Waals surface area contributed by atoms with Crippen LogP contribution in [0.2, 0.25) is 0 Å². The van der Waals surface area contributed by atoms with Crippen molar-refractivity contribution in [2.75, 3.05) is 13.6 Å². The molecule has 0 spiro atoms. The van der Waals surface area contributed by atoms with Gasteiger partial charge in [0.05, 0.1) is 6.42 Å². The maximum atomic E-state index is 11.8. The molecule has 0 unspecified atom stereocenters. The van der Waals surface area contributed by atoms with Gasteiger partial charge in [-0.3, -0.25) is 9.59 Å². The summed E-state index contributed by atoms with van der Waals surface area (Å²) in [5.74, 6) is -0.780. The first kappa shape index (κ1) is 29.1. The van der Waals surface area contributed by atoms with Crippen molar-refractivity contribution < 1.29 is 44.3 Å². The molecule has 0 bridgehead atoms. The number of aliphatic carboxylic acids is 1. The molecule has 27 heavy (non-hydrogen) atoms. The molecule has 0 radical (unpaired) electrons. The van der Waals surface area contributed by atoms with E-state index < -0.39 is 5.97 Å². The molecule has 0 fully saturated rings. The average molecular weight is 393 g/mol. The summed E-state index contributed by atoms with van der Waals surface area (Å²) in [4.78, 5) is 23.9. The standard InChI is InChI=1S/C22H43NO3.Na/c1-3-4-5-6-7-8-9-10-11-12-13-14-15-16-17-18-21(24)23(2)20-19-22(25)26;/h3-20H2,1-2H3,(H,25,26);/q;+1. The molecular formula is C22H43NNaO3+. The monoisotopic (exact) mass is 392 g/mol. The molecule has 0 aliphatic rings. The molecule has 0 aromatic rings. The molecule has 0 saturated carbocycles. The number of carboxylic acid groups (broad SMARTS) is 1. The zero-order chi connectivity index (χ0) is 19.5. The largest absolute Gasteiger partial charge is 1.00 e. The van der Waals surface area contributed by atoms with Gasteiger partial charge in [-0.1, -0.05) is 96.8 Å². The Hall–Kier alpha value is -0.0600. The summed E-state index contributed by atoms with van der Waals surface area (Å²) in [6.07, 6.45) is 20.4. The number of rotatable bonds is 19. The summed E-state index contributed by atoms with van der Waals surface area (Å²) in [5, 5.41) is 8.62. The van der Waals surface area contributed by atoms with Crippen LogP contribution in [0.3, 0.4) is 0 Å². The van der Waals surface area contributed by atoms with Crippen molar-refractivity contribution in [3.63, 3.8) is 0 Å². The van der Waals surface area contributed by atoms with Crippen molar-refractivity contribution in [3.8, 4) is 0 Å². The maximum absolute atomic E-state index is 11.8. The minimum Gasteiger partial charge on any atom is -0.481 e. The Morgan fingerprint density at radius 1 is 0.667 bits per heavy atom. The Morgan fingerprint density at radius 2 is 1.04 bits per heavy atom. The predicted molar refractivity (Wildman–Crippen MR) is 109 cm³/mol. The number of amides is 1. The molecule has 1 amide bonds. The van der Waals surface area contributed by atoms with Crippen LogP contribution in [0.4, 0.5) is 0 Å². The van der Waals surface area contributed by atoms with E-state index >= 15 is 0 Å². The third kappa shape index (κ3) is 22.1. The summed E-state index contributed by atoms with van der Waals surface area (Å²) in [7, 11) is 1.69. The third-order valence-corrected chi connectivity index (χ3v) is 5.08. The van der Waals surface area contributed by atoms with Crippen molar-refractivity contribution >= 4 is 11.9 Å². The van der Waals surface area contributed by atoms with Crippen LogP contribution in [-0.4, -0.2) is 35.5 Å². The van der Waals surface area contributed by atoms with Gasteiger partial charge < -0.3 is 10.0 Å². The third-order valence-electron chi connectivity index (χ3n) is 5.08. The number of carbonyl (C=O) groups excluding carboxylic acids is 1. The SMILES string of the molecule is CCCCCCCCCCCCCCCCCC(=O)N(C)CCC(=O)O.[Na+]. The Balaban J connectivity index is 0. The van der Waals surface area contributed by atoms with Crippen molar-refractivity contribution in [2.45, 2.75) is 116 Å². The van der Waals surface area contributed by atoms with E-state index in [-0.39, 0.29) is 41.9 Å². The van der Waals surface area contributed by atoms with E-state index in [0.717, 1.165) is 12.8 Å². The maximum Gasteiger partial charge on any atom is 1.00 e. The second kappa shape index (κ2) is 22.2. The summed E-state index contributed by atoms with van der Waals surface area (Å²) in [6.45, 7) is 2.58. The molecule has 0 aliphatic carbocycles. The molecule has 0 aromatic carbocycles. The second-order valence-electron chi connectivity index (χ2n) is 7.66. The molecule has 0 heterocycles. The normalized spacial score (nSPS) is 10.4. The molecular weight excluding hydrogens is 349 g/mol. The van der Waals surface area contributed by atoms with Gasteiger partial charge in [0.15, 0.2) is 0 Å². The number of carboxylic acids is 1. The Labute approximate surface area is 190 Å². The van der Waals surface area contributed by atoms with E-state index in [4.69, 9.17) is 5.11 Å². The van der Waals surface area contributed by atoms with E-state index in [1.165, 1.54) is 88.4 Å². The molecule has 0 atom stereocenters. The zero-order valence-electron chi connectivity index (χ0n) is 18.4. The number of hydrogen-bond acceptors (Lipinski definition) is 2. The van der Waals surface area contributed by atoms with Crippen molar-refractivity contribution in [1.82, 2.24) is 4.90 Å². The van der Waals surface area contributed by atoms with Gasteiger partial charge in [-0.25, -0.2) is 0 Å². The molecule has 0 saturated heterocycles. The average Bonchev–Trinajstić information content (AvgIpc) is 2.62. The van der Waals surface area contributed by atoms with Gasteiger partial charge in [0.1, 0.15) is 0 Å². The smallest absolute Gasteiger partial charge is 0.481 e. The van der Waals surface area contributed by atoms with Crippen molar-refractivity contribution in [1.29, 1.82) is 0 Å². The van der Waals surface area contributed by atoms with E-state index in [1.807, 2.05) is 0 Å². The van der Waals surface area contributed by atoms with Crippen LogP contribution in [-0.2, 0) is 9.59 Å². The van der Waals surface area contributed by atoms with Gasteiger partial charge in [-0.2, -0.15) is 0 Å². The zero-order valence-corrected chi connectivity index (χ0v) is 20.4. The molecule has 0 aromatic heterocycles. The fraction of sp³-hybridized carbons (Fsp3) is 0.909. The summed E-state index contributed by atoms with van der Waals surface area (Å²) < 4.78 is 0. The van der Waals surface area contributed by atoms with Gasteiger partial charge in [0.25, 0.3) is 0 Å². The first-order valence-electron chi connectivity index (χ1n) is 11.0. The van der Waals surface area contributed by atoms with Gasteiger partial charge >= 0.3 is 35.5 Å². The fourth-order valence-corrected chi connectivity index (χ4v) is 3.23. The topological polar surface area (TPSA) is 57.6 Å². The number of hydrogen-bond donors (Lipinski definition) is 1. The fourth-order valence-electron chi connectivity index (χ4n) is 3.23. The minimum absolute atomic E-state index is 0. The Kier molecular flexibility index (Phi) is 24.0. The van der Waals surface area contributed by atoms with E-state index in [9.17, 15) is 9.59 Å². The van der Waals surface area contributed by atoms with Crippen molar-refractivity contribution in [3.05, 3.63) is 0 Å². The predicted octanol–water partition coefficient (Wildman–Crippen LogP) is 3.19. The first-order valence-corrected chi connectivity index (χ1v) is 11.0. The number of nitrogens with zero attached hydrogens (tertiary/aromatic N) is 1. The van der Waals surface area contributed by atoms with Gasteiger partial charge in [0, 0.05) is 20.0 Å². The van der Waals surface area contributed by atoms with Gasteiger partial charge in [-0.05, 0) is 6.42 Å². The van der Waals surface area contributed by atoms with E-state index in [2.05, 4.69) is 6.92 Å². The van der Waals surface area contributed by atoms with Crippen LogP contribution >= 0.6 is 0 Å². The minimum atomic E-state index is -0.850. The number of unbranched alkanes of at least 4 members (excludes halogenated alkanes) is 14. The molecule has 4 nitrogen and oxygen atoms in total. The van der Waals surface area contributed by atoms with Crippen LogP contribution in [0.1, 0.15) is 116 Å². The molecule has 0 aliphatic heterocycles. The first-order chi connectivity index (χ1) is 12.6. The quantitative estimate of drug-likeness (QED) is 0.271. The molecule has 0 rings (SSSR count). The second-order valence-corrected chi connectivity index (χ2v) is 7.66. The number of carbonyl (C=O) groups is 2. The van der Waals surface area contributed by atoms with Crippen LogP contribution < -0.4 is 29.6 Å². The summed E-state index contributed by atoms with van der Waals surface area (Å²) >= 11 is 0. The van der Waals surface area contributed by atoms with Crippen LogP contribution in [0.25, 0.3) is 0 Å². The molecule has 154 valence electrons. The van der Waals surface area contributed by atoms with E-state index in [0.29, 0.717) is 13.0 Å². The van der Waals surface area contributed by atoms with Gasteiger partial charge in [-0.15, -0.1) is 0 Å². The van der Waals surface area contributed by atoms with Gasteiger partial charge in [0.2, 0.25) is 5.91 Å². The molecule has 1 N–H and O–H groups in total. The summed E-state index contributed by atoms with van der Waals surface area (Å²) in [5.41, 5.74) is 0. The Morgan fingerprint density at radius 3 is 1.41 bits per heavy atom. The van der Waals surface area contributed by atoms with Crippen LogP contribution in [0.5, 0.6) is 0 Å². The van der Waals surface area contributed by atoms with Crippen molar-refractivity contribution in [2.24, 2.45) is 0 Å². The summed E-state index contributed by atoms with van der Waals surface area (Å²) in [6, 6.07) is 0. The van der Waals surface area contributed by atoms with E-state index in [1.54, 1.807) is 7.05 Å². The molecule has 5 heteroatoms.